The monoisotopic (exact) mass is 274 g/mol. The summed E-state index contributed by atoms with van der Waals surface area (Å²) in [6, 6.07) is 7.11. The molecule has 1 aromatic carbocycles. The zero-order chi connectivity index (χ0) is 14.7. The number of nitrogens with zero attached hydrogens (tertiary/aromatic N) is 1. The smallest absolute Gasteiger partial charge is 0.335 e. The van der Waals surface area contributed by atoms with Crippen LogP contribution in [0.3, 0.4) is 0 Å². The quantitative estimate of drug-likeness (QED) is 0.745. The van der Waals surface area contributed by atoms with Gasteiger partial charge in [0.25, 0.3) is 5.91 Å². The van der Waals surface area contributed by atoms with Crippen LogP contribution in [-0.4, -0.2) is 26.7 Å². The molecule has 3 N–H and O–H groups in total. The topological polar surface area (TPSA) is 91.6 Å². The Morgan fingerprint density at radius 1 is 1.30 bits per heavy atom. The molecule has 0 bridgehead atoms. The maximum absolute atomic E-state index is 12.1. The molecule has 6 heteroatoms. The van der Waals surface area contributed by atoms with E-state index in [1.807, 2.05) is 6.92 Å². The minimum Gasteiger partial charge on any atom is -0.506 e. The molecule has 0 aliphatic carbocycles. The molecular weight excluding hydrogens is 260 g/mol. The summed E-state index contributed by atoms with van der Waals surface area (Å²) in [7, 11) is 0. The Morgan fingerprint density at radius 3 is 2.70 bits per heavy atom. The van der Waals surface area contributed by atoms with Gasteiger partial charge in [0.1, 0.15) is 11.4 Å². The van der Waals surface area contributed by atoms with Crippen molar-refractivity contribution in [3.8, 4) is 5.75 Å². The summed E-state index contributed by atoms with van der Waals surface area (Å²) in [5.74, 6) is -1.72. The largest absolute Gasteiger partial charge is 0.506 e. The summed E-state index contributed by atoms with van der Waals surface area (Å²) in [4.78, 5) is 23.0. The van der Waals surface area contributed by atoms with E-state index in [2.05, 4.69) is 5.32 Å². The first kappa shape index (κ1) is 13.7. The predicted octanol–water partition coefficient (Wildman–Crippen LogP) is 2.16. The number of aromatic hydroxyl groups is 1. The summed E-state index contributed by atoms with van der Waals surface area (Å²) in [6.07, 6.45) is 1.77. The van der Waals surface area contributed by atoms with Gasteiger partial charge in [-0.15, -0.1) is 0 Å². The fourth-order valence-corrected chi connectivity index (χ4v) is 1.85. The Bertz CT molecular complexity index is 661. The number of anilines is 1. The number of carbonyl (C=O) groups excluding carboxylic acids is 1. The number of hydrogen-bond donors (Lipinski definition) is 3. The number of aryl methyl sites for hydroxylation is 1. The fraction of sp³-hybridized carbons (Fsp3) is 0.143. The van der Waals surface area contributed by atoms with Crippen molar-refractivity contribution in [2.24, 2.45) is 0 Å². The van der Waals surface area contributed by atoms with Crippen LogP contribution in [0.25, 0.3) is 0 Å². The molecule has 1 amide bonds. The van der Waals surface area contributed by atoms with Crippen molar-refractivity contribution in [3.05, 3.63) is 47.8 Å². The van der Waals surface area contributed by atoms with Gasteiger partial charge in [0.15, 0.2) is 0 Å². The molecule has 0 unspecified atom stereocenters. The summed E-state index contributed by atoms with van der Waals surface area (Å²) in [5, 5.41) is 21.1. The van der Waals surface area contributed by atoms with Crippen molar-refractivity contribution in [3.63, 3.8) is 0 Å². The van der Waals surface area contributed by atoms with E-state index in [0.717, 1.165) is 0 Å². The van der Waals surface area contributed by atoms with Crippen LogP contribution in [0.4, 0.5) is 5.69 Å². The SMILES string of the molecule is CCn1cccc1C(=O)Nc1cc(C(=O)O)ccc1O. The summed E-state index contributed by atoms with van der Waals surface area (Å²) < 4.78 is 1.74. The van der Waals surface area contributed by atoms with Crippen molar-refractivity contribution in [1.29, 1.82) is 0 Å². The van der Waals surface area contributed by atoms with E-state index in [-0.39, 0.29) is 17.0 Å². The van der Waals surface area contributed by atoms with E-state index in [4.69, 9.17) is 5.11 Å². The Hall–Kier alpha value is -2.76. The minimum absolute atomic E-state index is 0.0102. The highest BCUT2D eigenvalue weighted by Gasteiger charge is 2.14. The van der Waals surface area contributed by atoms with Gasteiger partial charge in [0, 0.05) is 12.7 Å². The van der Waals surface area contributed by atoms with Crippen molar-refractivity contribution < 1.29 is 19.8 Å². The van der Waals surface area contributed by atoms with Crippen LogP contribution in [0, 0.1) is 0 Å². The van der Waals surface area contributed by atoms with Crippen molar-refractivity contribution in [2.75, 3.05) is 5.32 Å². The van der Waals surface area contributed by atoms with Crippen LogP contribution >= 0.6 is 0 Å². The van der Waals surface area contributed by atoms with Crippen LogP contribution in [0.2, 0.25) is 0 Å². The lowest BCUT2D eigenvalue weighted by molar-refractivity contribution is 0.0696. The van der Waals surface area contributed by atoms with Gasteiger partial charge in [-0.3, -0.25) is 4.79 Å². The number of carboxylic acid groups (broad SMARTS) is 1. The molecule has 0 fully saturated rings. The average molecular weight is 274 g/mol. The highest BCUT2D eigenvalue weighted by Crippen LogP contribution is 2.25. The van der Waals surface area contributed by atoms with Gasteiger partial charge in [-0.2, -0.15) is 0 Å². The number of carbonyl (C=O) groups is 2. The van der Waals surface area contributed by atoms with Gasteiger partial charge in [0.05, 0.1) is 11.3 Å². The second-order valence-electron chi connectivity index (χ2n) is 4.17. The number of phenols is 1. The molecule has 2 rings (SSSR count). The van der Waals surface area contributed by atoms with Crippen molar-refractivity contribution in [2.45, 2.75) is 13.5 Å². The third-order valence-corrected chi connectivity index (χ3v) is 2.89. The first-order valence-electron chi connectivity index (χ1n) is 6.05. The number of nitrogens with one attached hydrogen (secondary N) is 1. The highest BCUT2D eigenvalue weighted by molar-refractivity contribution is 6.04. The molecule has 0 saturated heterocycles. The normalized spacial score (nSPS) is 10.2. The number of aromatic carboxylic acids is 1. The lowest BCUT2D eigenvalue weighted by atomic mass is 10.2. The molecule has 0 spiro atoms. The van der Waals surface area contributed by atoms with Crippen LogP contribution in [0.1, 0.15) is 27.8 Å². The van der Waals surface area contributed by atoms with Crippen LogP contribution < -0.4 is 5.32 Å². The second kappa shape index (κ2) is 5.48. The van der Waals surface area contributed by atoms with Gasteiger partial charge < -0.3 is 20.1 Å². The lowest BCUT2D eigenvalue weighted by Crippen LogP contribution is -2.16. The number of benzene rings is 1. The lowest BCUT2D eigenvalue weighted by Gasteiger charge is -2.10. The summed E-state index contributed by atoms with van der Waals surface area (Å²) >= 11 is 0. The molecule has 104 valence electrons. The van der Waals surface area contributed by atoms with E-state index < -0.39 is 11.9 Å². The minimum atomic E-state index is -1.13. The molecule has 0 aliphatic rings. The van der Waals surface area contributed by atoms with E-state index >= 15 is 0 Å². The fourth-order valence-electron chi connectivity index (χ4n) is 1.85. The molecule has 2 aromatic rings. The zero-order valence-corrected chi connectivity index (χ0v) is 10.8. The third kappa shape index (κ3) is 2.64. The van der Waals surface area contributed by atoms with Gasteiger partial charge in [-0.25, -0.2) is 4.79 Å². The molecule has 0 saturated carbocycles. The van der Waals surface area contributed by atoms with Crippen LogP contribution in [-0.2, 0) is 6.54 Å². The molecule has 0 radical (unpaired) electrons. The van der Waals surface area contributed by atoms with Gasteiger partial charge >= 0.3 is 5.97 Å². The Morgan fingerprint density at radius 2 is 2.05 bits per heavy atom. The van der Waals surface area contributed by atoms with Gasteiger partial charge in [-0.05, 0) is 37.3 Å². The van der Waals surface area contributed by atoms with Gasteiger partial charge in [-0.1, -0.05) is 0 Å². The molecule has 1 heterocycles. The molecular formula is C14H14N2O4. The molecule has 0 atom stereocenters. The maximum atomic E-state index is 12.1. The average Bonchev–Trinajstić information content (AvgIpc) is 2.89. The third-order valence-electron chi connectivity index (χ3n) is 2.89. The highest BCUT2D eigenvalue weighted by atomic mass is 16.4. The molecule has 6 nitrogen and oxygen atoms in total. The summed E-state index contributed by atoms with van der Waals surface area (Å²) in [6.45, 7) is 2.54. The number of aromatic nitrogens is 1. The standard InChI is InChI=1S/C14H14N2O4/c1-2-16-7-3-4-11(16)13(18)15-10-8-9(14(19)20)5-6-12(10)17/h3-8,17H,2H2,1H3,(H,15,18)(H,19,20). The Labute approximate surface area is 115 Å². The molecule has 0 aliphatic heterocycles. The number of phenolic OH excluding ortho intramolecular Hbond substituents is 1. The van der Waals surface area contributed by atoms with E-state index in [9.17, 15) is 14.7 Å². The first-order valence-corrected chi connectivity index (χ1v) is 6.05. The van der Waals surface area contributed by atoms with E-state index in [0.29, 0.717) is 12.2 Å². The second-order valence-corrected chi connectivity index (χ2v) is 4.17. The predicted molar refractivity (Wildman–Crippen MR) is 73.1 cm³/mol. The zero-order valence-electron chi connectivity index (χ0n) is 10.8. The molecule has 20 heavy (non-hydrogen) atoms. The van der Waals surface area contributed by atoms with Crippen molar-refractivity contribution in [1.82, 2.24) is 4.57 Å². The Balaban J connectivity index is 2.28. The van der Waals surface area contributed by atoms with Gasteiger partial charge in [0.2, 0.25) is 0 Å². The van der Waals surface area contributed by atoms with E-state index in [1.54, 1.807) is 22.9 Å². The first-order chi connectivity index (χ1) is 9.52. The molecule has 1 aromatic heterocycles. The van der Waals surface area contributed by atoms with Crippen molar-refractivity contribution >= 4 is 17.6 Å². The number of carboxylic acids is 1. The van der Waals surface area contributed by atoms with Crippen LogP contribution in [0.5, 0.6) is 5.75 Å². The summed E-state index contributed by atoms with van der Waals surface area (Å²) in [5.41, 5.74) is 0.496. The maximum Gasteiger partial charge on any atom is 0.335 e. The van der Waals surface area contributed by atoms with Crippen LogP contribution in [0.15, 0.2) is 36.5 Å². The number of rotatable bonds is 4. The number of amides is 1. The Kier molecular flexibility index (Phi) is 3.74. The van der Waals surface area contributed by atoms with E-state index in [1.165, 1.54) is 18.2 Å². The number of hydrogen-bond acceptors (Lipinski definition) is 3.